The van der Waals surface area contributed by atoms with Crippen LogP contribution in [0.2, 0.25) is 5.02 Å². The molecule has 1 N–H and O–H groups in total. The average molecular weight is 213 g/mol. The van der Waals surface area contributed by atoms with Crippen LogP contribution in [0, 0.1) is 6.92 Å². The van der Waals surface area contributed by atoms with Crippen LogP contribution in [0.5, 0.6) is 0 Å². The Morgan fingerprint density at radius 1 is 1.43 bits per heavy atom. The topological polar surface area (TPSA) is 41.1 Å². The van der Waals surface area contributed by atoms with E-state index in [9.17, 15) is 0 Å². The average Bonchev–Trinajstić information content (AvgIpc) is 2.23. The summed E-state index contributed by atoms with van der Waals surface area (Å²) < 4.78 is 0. The molecular weight excluding hydrogens is 200 g/mol. The standard InChI is InChI=1S/C9H13ClN4/c1-7-8(10)6-12-9(13-7)14-4-2-11-3-5-14/h6,11H,2-5H2,1H3. The number of piperazine rings is 1. The molecule has 1 saturated heterocycles. The van der Waals surface area contributed by atoms with Gasteiger partial charge in [-0.15, -0.1) is 0 Å². The summed E-state index contributed by atoms with van der Waals surface area (Å²) in [6.07, 6.45) is 1.67. The Balaban J connectivity index is 2.18. The Bertz CT molecular complexity index is 323. The summed E-state index contributed by atoms with van der Waals surface area (Å²) in [4.78, 5) is 10.7. The minimum Gasteiger partial charge on any atom is -0.338 e. The summed E-state index contributed by atoms with van der Waals surface area (Å²) in [7, 11) is 0. The first-order chi connectivity index (χ1) is 6.77. The molecule has 14 heavy (non-hydrogen) atoms. The molecule has 1 aromatic rings. The molecule has 0 unspecified atom stereocenters. The summed E-state index contributed by atoms with van der Waals surface area (Å²) in [5, 5.41) is 3.92. The smallest absolute Gasteiger partial charge is 0.225 e. The van der Waals surface area contributed by atoms with Crippen molar-refractivity contribution in [1.82, 2.24) is 15.3 Å². The molecule has 1 aliphatic rings. The maximum atomic E-state index is 5.86. The van der Waals surface area contributed by atoms with Crippen molar-refractivity contribution in [2.75, 3.05) is 31.1 Å². The van der Waals surface area contributed by atoms with Crippen molar-refractivity contribution in [3.05, 3.63) is 16.9 Å². The molecule has 0 amide bonds. The van der Waals surface area contributed by atoms with Gasteiger partial charge >= 0.3 is 0 Å². The van der Waals surface area contributed by atoms with Crippen molar-refractivity contribution >= 4 is 17.5 Å². The number of halogens is 1. The zero-order valence-electron chi connectivity index (χ0n) is 8.13. The molecule has 1 aliphatic heterocycles. The first-order valence-corrected chi connectivity index (χ1v) is 5.10. The highest BCUT2D eigenvalue weighted by Gasteiger charge is 2.13. The highest BCUT2D eigenvalue weighted by atomic mass is 35.5. The van der Waals surface area contributed by atoms with Crippen molar-refractivity contribution in [2.24, 2.45) is 0 Å². The molecule has 0 aromatic carbocycles. The third-order valence-corrected chi connectivity index (χ3v) is 2.68. The molecule has 76 valence electrons. The monoisotopic (exact) mass is 212 g/mol. The minimum atomic E-state index is 0.629. The number of aromatic nitrogens is 2. The van der Waals surface area contributed by atoms with E-state index in [4.69, 9.17) is 11.6 Å². The van der Waals surface area contributed by atoms with E-state index >= 15 is 0 Å². The summed E-state index contributed by atoms with van der Waals surface area (Å²) in [5.74, 6) is 0.786. The van der Waals surface area contributed by atoms with Gasteiger partial charge in [0, 0.05) is 26.2 Å². The largest absolute Gasteiger partial charge is 0.338 e. The fourth-order valence-electron chi connectivity index (χ4n) is 1.46. The number of rotatable bonds is 1. The maximum Gasteiger partial charge on any atom is 0.225 e. The maximum absolute atomic E-state index is 5.86. The molecule has 0 radical (unpaired) electrons. The lowest BCUT2D eigenvalue weighted by molar-refractivity contribution is 0.579. The van der Waals surface area contributed by atoms with Crippen LogP contribution in [0.15, 0.2) is 6.20 Å². The second-order valence-electron chi connectivity index (χ2n) is 3.34. The quantitative estimate of drug-likeness (QED) is 0.750. The van der Waals surface area contributed by atoms with Gasteiger partial charge in [0.05, 0.1) is 16.9 Å². The Labute approximate surface area is 88.3 Å². The third kappa shape index (κ3) is 1.96. The molecule has 2 heterocycles. The molecule has 0 aliphatic carbocycles. The lowest BCUT2D eigenvalue weighted by Crippen LogP contribution is -2.44. The minimum absolute atomic E-state index is 0.629. The van der Waals surface area contributed by atoms with Crippen molar-refractivity contribution in [3.63, 3.8) is 0 Å². The Morgan fingerprint density at radius 2 is 2.14 bits per heavy atom. The molecule has 0 saturated carbocycles. The number of hydrogen-bond acceptors (Lipinski definition) is 4. The van der Waals surface area contributed by atoms with Gasteiger partial charge in [-0.2, -0.15) is 0 Å². The van der Waals surface area contributed by atoms with Crippen molar-refractivity contribution in [1.29, 1.82) is 0 Å². The van der Waals surface area contributed by atoms with Gasteiger partial charge in [-0.05, 0) is 6.92 Å². The van der Waals surface area contributed by atoms with E-state index in [1.165, 1.54) is 0 Å². The Kier molecular flexibility index (Phi) is 2.84. The predicted molar refractivity (Wildman–Crippen MR) is 56.9 cm³/mol. The lowest BCUT2D eigenvalue weighted by Gasteiger charge is -2.27. The van der Waals surface area contributed by atoms with Crippen LogP contribution < -0.4 is 10.2 Å². The number of anilines is 1. The van der Waals surface area contributed by atoms with Gasteiger partial charge < -0.3 is 10.2 Å². The second kappa shape index (κ2) is 4.11. The SMILES string of the molecule is Cc1nc(N2CCNCC2)ncc1Cl. The van der Waals surface area contributed by atoms with E-state index in [0.717, 1.165) is 37.8 Å². The zero-order valence-corrected chi connectivity index (χ0v) is 8.88. The second-order valence-corrected chi connectivity index (χ2v) is 3.75. The molecule has 2 rings (SSSR count). The number of nitrogens with zero attached hydrogens (tertiary/aromatic N) is 3. The molecule has 0 atom stereocenters. The highest BCUT2D eigenvalue weighted by Crippen LogP contribution is 2.15. The van der Waals surface area contributed by atoms with Crippen LogP contribution in [0.1, 0.15) is 5.69 Å². The van der Waals surface area contributed by atoms with Gasteiger partial charge in [-0.25, -0.2) is 9.97 Å². The number of hydrogen-bond donors (Lipinski definition) is 1. The molecule has 1 fully saturated rings. The van der Waals surface area contributed by atoms with E-state index < -0.39 is 0 Å². The van der Waals surface area contributed by atoms with Crippen molar-refractivity contribution in [3.8, 4) is 0 Å². The van der Waals surface area contributed by atoms with Gasteiger partial charge in [0.25, 0.3) is 0 Å². The number of aryl methyl sites for hydroxylation is 1. The van der Waals surface area contributed by atoms with Crippen LogP contribution in [0.4, 0.5) is 5.95 Å². The predicted octanol–water partition coefficient (Wildman–Crippen LogP) is 0.848. The summed E-state index contributed by atoms with van der Waals surface area (Å²) >= 11 is 5.86. The van der Waals surface area contributed by atoms with Gasteiger partial charge in [0.2, 0.25) is 5.95 Å². The normalized spacial score (nSPS) is 17.1. The van der Waals surface area contributed by atoms with Crippen LogP contribution in [-0.2, 0) is 0 Å². The van der Waals surface area contributed by atoms with E-state index in [0.29, 0.717) is 5.02 Å². The van der Waals surface area contributed by atoms with Gasteiger partial charge in [-0.1, -0.05) is 11.6 Å². The van der Waals surface area contributed by atoms with Crippen LogP contribution in [-0.4, -0.2) is 36.1 Å². The fraction of sp³-hybridized carbons (Fsp3) is 0.556. The molecule has 0 bridgehead atoms. The zero-order chi connectivity index (χ0) is 9.97. The lowest BCUT2D eigenvalue weighted by atomic mass is 10.4. The van der Waals surface area contributed by atoms with Crippen LogP contribution >= 0.6 is 11.6 Å². The fourth-order valence-corrected chi connectivity index (χ4v) is 1.55. The van der Waals surface area contributed by atoms with Gasteiger partial charge in [-0.3, -0.25) is 0 Å². The van der Waals surface area contributed by atoms with Crippen LogP contribution in [0.3, 0.4) is 0 Å². The van der Waals surface area contributed by atoms with Gasteiger partial charge in [0.1, 0.15) is 0 Å². The van der Waals surface area contributed by atoms with E-state index in [2.05, 4.69) is 20.2 Å². The summed E-state index contributed by atoms with van der Waals surface area (Å²) in [6.45, 7) is 5.80. The van der Waals surface area contributed by atoms with Crippen LogP contribution in [0.25, 0.3) is 0 Å². The van der Waals surface area contributed by atoms with E-state index in [-0.39, 0.29) is 0 Å². The van der Waals surface area contributed by atoms with E-state index in [1.54, 1.807) is 6.20 Å². The molecule has 0 spiro atoms. The van der Waals surface area contributed by atoms with Gasteiger partial charge in [0.15, 0.2) is 0 Å². The molecule has 1 aromatic heterocycles. The Hall–Kier alpha value is -0.870. The third-order valence-electron chi connectivity index (χ3n) is 2.31. The number of nitrogens with one attached hydrogen (secondary N) is 1. The highest BCUT2D eigenvalue weighted by molar-refractivity contribution is 6.31. The first-order valence-electron chi connectivity index (χ1n) is 4.72. The van der Waals surface area contributed by atoms with E-state index in [1.807, 2.05) is 6.92 Å². The summed E-state index contributed by atoms with van der Waals surface area (Å²) in [5.41, 5.74) is 0.843. The van der Waals surface area contributed by atoms with Crippen molar-refractivity contribution < 1.29 is 0 Å². The van der Waals surface area contributed by atoms with Crippen molar-refractivity contribution in [2.45, 2.75) is 6.92 Å². The first kappa shape index (κ1) is 9.68. The summed E-state index contributed by atoms with van der Waals surface area (Å²) in [6, 6.07) is 0. The molecule has 5 heteroatoms. The molecule has 4 nitrogen and oxygen atoms in total. The molecular formula is C9H13ClN4. The Morgan fingerprint density at radius 3 is 2.79 bits per heavy atom.